The summed E-state index contributed by atoms with van der Waals surface area (Å²) < 4.78 is 24.0. The topological polar surface area (TPSA) is 59.1 Å². The van der Waals surface area contributed by atoms with Crippen molar-refractivity contribution in [2.75, 3.05) is 18.8 Å². The molecular weight excluding hydrogens is 224 g/mol. The lowest BCUT2D eigenvalue weighted by Crippen LogP contribution is -2.33. The molecule has 0 radical (unpaired) electrons. The summed E-state index contributed by atoms with van der Waals surface area (Å²) in [6.07, 6.45) is 3.56. The third kappa shape index (κ3) is 2.80. The Morgan fingerprint density at radius 3 is 2.94 bits per heavy atom. The molecule has 0 aliphatic carbocycles. The Hall–Kier alpha value is -0.940. The molecule has 0 saturated carbocycles. The first-order chi connectivity index (χ1) is 7.68. The molecule has 1 saturated heterocycles. The third-order valence-corrected chi connectivity index (χ3v) is 4.60. The fraction of sp³-hybridized carbons (Fsp3) is 0.545. The molecule has 0 spiro atoms. The van der Waals surface area contributed by atoms with Gasteiger partial charge in [0.25, 0.3) is 0 Å². The van der Waals surface area contributed by atoms with E-state index in [0.29, 0.717) is 0 Å². The van der Waals surface area contributed by atoms with E-state index in [9.17, 15) is 8.42 Å². The number of nitrogens with zero attached hydrogens (tertiary/aromatic N) is 1. The van der Waals surface area contributed by atoms with Crippen LogP contribution in [0.3, 0.4) is 0 Å². The third-order valence-electron chi connectivity index (χ3n) is 2.81. The maximum absolute atomic E-state index is 12.0. The van der Waals surface area contributed by atoms with Crippen LogP contribution < -0.4 is 5.32 Å². The first kappa shape index (κ1) is 11.5. The molecule has 0 bridgehead atoms. The molecule has 1 atom stereocenters. The van der Waals surface area contributed by atoms with Gasteiger partial charge in [0.15, 0.2) is 14.9 Å². The predicted molar refractivity (Wildman–Crippen MR) is 61.9 cm³/mol. The van der Waals surface area contributed by atoms with Crippen LogP contribution in [0.4, 0.5) is 0 Å². The van der Waals surface area contributed by atoms with Crippen LogP contribution in [-0.4, -0.2) is 32.2 Å². The SMILES string of the molecule is O=S(=O)(CC1CCCNC1)c1ccccn1. The van der Waals surface area contributed by atoms with E-state index >= 15 is 0 Å². The van der Waals surface area contributed by atoms with Crippen molar-refractivity contribution in [2.24, 2.45) is 5.92 Å². The minimum absolute atomic E-state index is 0.195. The maximum Gasteiger partial charge on any atom is 0.195 e. The Morgan fingerprint density at radius 2 is 2.31 bits per heavy atom. The highest BCUT2D eigenvalue weighted by molar-refractivity contribution is 7.91. The van der Waals surface area contributed by atoms with Gasteiger partial charge in [-0.15, -0.1) is 0 Å². The van der Waals surface area contributed by atoms with Gasteiger partial charge < -0.3 is 5.32 Å². The highest BCUT2D eigenvalue weighted by Crippen LogP contribution is 2.16. The molecule has 2 heterocycles. The minimum atomic E-state index is -3.21. The van der Waals surface area contributed by atoms with Crippen molar-refractivity contribution >= 4 is 9.84 Å². The van der Waals surface area contributed by atoms with Crippen LogP contribution in [0.2, 0.25) is 0 Å². The van der Waals surface area contributed by atoms with Gasteiger partial charge in [0.1, 0.15) is 0 Å². The van der Waals surface area contributed by atoms with Crippen molar-refractivity contribution < 1.29 is 8.42 Å². The molecule has 1 aliphatic heterocycles. The summed E-state index contributed by atoms with van der Waals surface area (Å²) in [4.78, 5) is 3.91. The molecular formula is C11H16N2O2S. The zero-order chi connectivity index (χ0) is 11.4. The average molecular weight is 240 g/mol. The number of aromatic nitrogens is 1. The average Bonchev–Trinajstić information content (AvgIpc) is 2.31. The summed E-state index contributed by atoms with van der Waals surface area (Å²) in [5.74, 6) is 0.428. The second kappa shape index (κ2) is 4.93. The summed E-state index contributed by atoms with van der Waals surface area (Å²) in [5.41, 5.74) is 0. The van der Waals surface area contributed by atoms with E-state index in [2.05, 4.69) is 10.3 Å². The minimum Gasteiger partial charge on any atom is -0.316 e. The van der Waals surface area contributed by atoms with Crippen molar-refractivity contribution in [3.8, 4) is 0 Å². The molecule has 1 N–H and O–H groups in total. The van der Waals surface area contributed by atoms with Gasteiger partial charge in [-0.25, -0.2) is 13.4 Å². The second-order valence-electron chi connectivity index (χ2n) is 4.16. The van der Waals surface area contributed by atoms with Gasteiger partial charge in [-0.05, 0) is 44.0 Å². The van der Waals surface area contributed by atoms with Gasteiger partial charge in [0.05, 0.1) is 5.75 Å². The Bertz CT molecular complexity index is 425. The van der Waals surface area contributed by atoms with Crippen LogP contribution >= 0.6 is 0 Å². The summed E-state index contributed by atoms with van der Waals surface area (Å²) >= 11 is 0. The van der Waals surface area contributed by atoms with Crippen LogP contribution in [0, 0.1) is 5.92 Å². The lowest BCUT2D eigenvalue weighted by Gasteiger charge is -2.22. The molecule has 0 amide bonds. The molecule has 16 heavy (non-hydrogen) atoms. The van der Waals surface area contributed by atoms with Gasteiger partial charge in [0, 0.05) is 6.20 Å². The van der Waals surface area contributed by atoms with Crippen LogP contribution in [0.1, 0.15) is 12.8 Å². The summed E-state index contributed by atoms with van der Waals surface area (Å²) in [6, 6.07) is 4.99. The quantitative estimate of drug-likeness (QED) is 0.851. The second-order valence-corrected chi connectivity index (χ2v) is 6.14. The molecule has 1 fully saturated rings. The van der Waals surface area contributed by atoms with E-state index in [4.69, 9.17) is 0 Å². The number of piperidine rings is 1. The fourth-order valence-corrected chi connectivity index (χ4v) is 3.58. The number of sulfone groups is 1. The molecule has 1 aromatic heterocycles. The van der Waals surface area contributed by atoms with E-state index in [1.165, 1.54) is 6.20 Å². The Morgan fingerprint density at radius 1 is 1.44 bits per heavy atom. The van der Waals surface area contributed by atoms with Crippen molar-refractivity contribution in [1.29, 1.82) is 0 Å². The monoisotopic (exact) mass is 240 g/mol. The lowest BCUT2D eigenvalue weighted by atomic mass is 10.0. The van der Waals surface area contributed by atoms with E-state index in [1.54, 1.807) is 18.2 Å². The molecule has 88 valence electrons. The van der Waals surface area contributed by atoms with Crippen LogP contribution in [-0.2, 0) is 9.84 Å². The van der Waals surface area contributed by atoms with E-state index in [0.717, 1.165) is 25.9 Å². The molecule has 0 aromatic carbocycles. The number of hydrogen-bond acceptors (Lipinski definition) is 4. The fourth-order valence-electron chi connectivity index (χ4n) is 1.99. The molecule has 5 heteroatoms. The predicted octanol–water partition coefficient (Wildman–Crippen LogP) is 0.855. The van der Waals surface area contributed by atoms with Gasteiger partial charge in [0.2, 0.25) is 0 Å². The highest BCUT2D eigenvalue weighted by Gasteiger charge is 2.23. The van der Waals surface area contributed by atoms with Crippen molar-refractivity contribution in [3.05, 3.63) is 24.4 Å². The largest absolute Gasteiger partial charge is 0.316 e. The van der Waals surface area contributed by atoms with Crippen LogP contribution in [0.25, 0.3) is 0 Å². The first-order valence-corrected chi connectivity index (χ1v) is 7.18. The van der Waals surface area contributed by atoms with Gasteiger partial charge in [-0.2, -0.15) is 0 Å². The highest BCUT2D eigenvalue weighted by atomic mass is 32.2. The standard InChI is InChI=1S/C11H16N2O2S/c14-16(15,11-5-1-2-7-13-11)9-10-4-3-6-12-8-10/h1-2,5,7,10,12H,3-4,6,8-9H2. The summed E-state index contributed by atoms with van der Waals surface area (Å²) in [5, 5.41) is 3.42. The Kier molecular flexibility index (Phi) is 3.56. The molecule has 1 aromatic rings. The van der Waals surface area contributed by atoms with Crippen LogP contribution in [0.15, 0.2) is 29.4 Å². The molecule has 2 rings (SSSR count). The smallest absolute Gasteiger partial charge is 0.195 e. The van der Waals surface area contributed by atoms with Crippen LogP contribution in [0.5, 0.6) is 0 Å². The van der Waals surface area contributed by atoms with E-state index in [1.807, 2.05) is 0 Å². The van der Waals surface area contributed by atoms with Crippen molar-refractivity contribution in [1.82, 2.24) is 10.3 Å². The molecule has 1 aliphatic rings. The maximum atomic E-state index is 12.0. The summed E-state index contributed by atoms with van der Waals surface area (Å²) in [7, 11) is -3.21. The van der Waals surface area contributed by atoms with Crippen molar-refractivity contribution in [2.45, 2.75) is 17.9 Å². The summed E-state index contributed by atoms with van der Waals surface area (Å²) in [6.45, 7) is 1.80. The normalized spacial score (nSPS) is 21.9. The Balaban J connectivity index is 2.08. The lowest BCUT2D eigenvalue weighted by molar-refractivity contribution is 0.403. The zero-order valence-corrected chi connectivity index (χ0v) is 9.91. The van der Waals surface area contributed by atoms with E-state index in [-0.39, 0.29) is 16.7 Å². The van der Waals surface area contributed by atoms with Crippen molar-refractivity contribution in [3.63, 3.8) is 0 Å². The van der Waals surface area contributed by atoms with Gasteiger partial charge in [-0.1, -0.05) is 6.07 Å². The first-order valence-electron chi connectivity index (χ1n) is 5.53. The molecule has 1 unspecified atom stereocenters. The number of pyridine rings is 1. The molecule has 4 nitrogen and oxygen atoms in total. The van der Waals surface area contributed by atoms with Gasteiger partial charge in [-0.3, -0.25) is 0 Å². The Labute approximate surface area is 96.0 Å². The van der Waals surface area contributed by atoms with E-state index < -0.39 is 9.84 Å². The van der Waals surface area contributed by atoms with Gasteiger partial charge >= 0.3 is 0 Å². The zero-order valence-electron chi connectivity index (χ0n) is 9.09. The number of hydrogen-bond donors (Lipinski definition) is 1. The number of nitrogens with one attached hydrogen (secondary N) is 1. The number of rotatable bonds is 3.